The van der Waals surface area contributed by atoms with E-state index in [4.69, 9.17) is 4.55 Å². The summed E-state index contributed by atoms with van der Waals surface area (Å²) < 4.78 is 31.2. The van der Waals surface area contributed by atoms with Crippen molar-refractivity contribution in [2.75, 3.05) is 0 Å². The molecule has 0 unspecified atom stereocenters. The van der Waals surface area contributed by atoms with Crippen LogP contribution in [0.1, 0.15) is 0 Å². The summed E-state index contributed by atoms with van der Waals surface area (Å²) in [5, 5.41) is 1.19. The van der Waals surface area contributed by atoms with Crippen molar-refractivity contribution >= 4 is 31.9 Å². The predicted molar refractivity (Wildman–Crippen MR) is 37.9 cm³/mol. The average Bonchev–Trinajstić information content (AvgIpc) is 2.08. The lowest BCUT2D eigenvalue weighted by Gasteiger charge is -1.93. The highest BCUT2D eigenvalue weighted by molar-refractivity contribution is 8.77. The fraction of sp³-hybridized carbons (Fsp3) is 0. The van der Waals surface area contributed by atoms with Crippen LogP contribution in [-0.2, 0) is 10.1 Å². The normalized spacial score (nSPS) is 19.0. The minimum Gasteiger partial charge on any atom is -0.308 e. The standard InChI is InChI=1S/C2H3NO3S3/c4-9(5,6)2-1-7-8-3-2/h1,3H,(H,4,5,6). The quantitative estimate of drug-likeness (QED) is 0.354. The van der Waals surface area contributed by atoms with Crippen LogP contribution >= 0.6 is 21.8 Å². The number of nitrogens with one attached hydrogen (secondary N) is 1. The van der Waals surface area contributed by atoms with Crippen LogP contribution in [0.15, 0.2) is 10.4 Å². The van der Waals surface area contributed by atoms with Crippen LogP contribution in [0, 0.1) is 0 Å². The number of hydrogen-bond donors (Lipinski definition) is 2. The number of rotatable bonds is 1. The van der Waals surface area contributed by atoms with Gasteiger partial charge >= 0.3 is 10.1 Å². The van der Waals surface area contributed by atoms with Gasteiger partial charge in [-0.2, -0.15) is 8.42 Å². The second-order valence-electron chi connectivity index (χ2n) is 1.24. The first-order valence-electron chi connectivity index (χ1n) is 1.87. The zero-order chi connectivity index (χ0) is 6.91. The number of hydrogen-bond acceptors (Lipinski definition) is 5. The van der Waals surface area contributed by atoms with Crippen LogP contribution in [0.25, 0.3) is 0 Å². The van der Waals surface area contributed by atoms with Gasteiger partial charge in [0, 0.05) is 16.4 Å². The van der Waals surface area contributed by atoms with Crippen molar-refractivity contribution in [3.63, 3.8) is 0 Å². The molecule has 0 bridgehead atoms. The zero-order valence-corrected chi connectivity index (χ0v) is 6.52. The van der Waals surface area contributed by atoms with Crippen molar-refractivity contribution in [2.45, 2.75) is 0 Å². The van der Waals surface area contributed by atoms with Gasteiger partial charge in [-0.1, -0.05) is 0 Å². The van der Waals surface area contributed by atoms with Gasteiger partial charge in [-0.3, -0.25) is 4.55 Å². The van der Waals surface area contributed by atoms with Gasteiger partial charge in [-0.15, -0.1) is 0 Å². The third-order valence-corrected chi connectivity index (χ3v) is 3.24. The molecule has 7 heteroatoms. The summed E-state index contributed by atoms with van der Waals surface area (Å²) in [7, 11) is -1.64. The largest absolute Gasteiger partial charge is 0.311 e. The first-order valence-corrected chi connectivity index (χ1v) is 5.52. The maximum Gasteiger partial charge on any atom is 0.311 e. The van der Waals surface area contributed by atoms with E-state index in [2.05, 4.69) is 4.72 Å². The topological polar surface area (TPSA) is 66.4 Å². The highest BCUT2D eigenvalue weighted by atomic mass is 33.1. The molecule has 1 heterocycles. The Bertz CT molecular complexity index is 229. The van der Waals surface area contributed by atoms with Gasteiger partial charge in [0.1, 0.15) is 0 Å². The first kappa shape index (κ1) is 7.26. The molecule has 0 aliphatic carbocycles. The van der Waals surface area contributed by atoms with Crippen LogP contribution in [0.4, 0.5) is 0 Å². The van der Waals surface area contributed by atoms with E-state index in [-0.39, 0.29) is 5.03 Å². The SMILES string of the molecule is O=S(=O)(O)C1=CSSN1. The van der Waals surface area contributed by atoms with E-state index in [1.807, 2.05) is 0 Å². The molecule has 0 spiro atoms. The van der Waals surface area contributed by atoms with Crippen molar-refractivity contribution in [2.24, 2.45) is 0 Å². The lowest BCUT2D eigenvalue weighted by Crippen LogP contribution is -2.09. The predicted octanol–water partition coefficient (Wildman–Crippen LogP) is 0.573. The Kier molecular flexibility index (Phi) is 1.94. The molecule has 4 nitrogen and oxygen atoms in total. The molecule has 9 heavy (non-hydrogen) atoms. The molecule has 0 atom stereocenters. The van der Waals surface area contributed by atoms with Gasteiger partial charge in [0.15, 0.2) is 5.03 Å². The summed E-state index contributed by atoms with van der Waals surface area (Å²) in [5.74, 6) is 0. The summed E-state index contributed by atoms with van der Waals surface area (Å²) in [5.41, 5.74) is 0. The van der Waals surface area contributed by atoms with Crippen LogP contribution in [-0.4, -0.2) is 13.0 Å². The van der Waals surface area contributed by atoms with Crippen molar-refractivity contribution in [1.29, 1.82) is 0 Å². The summed E-state index contributed by atoms with van der Waals surface area (Å²) >= 11 is 0. The average molecular weight is 185 g/mol. The van der Waals surface area contributed by atoms with E-state index in [0.29, 0.717) is 0 Å². The monoisotopic (exact) mass is 185 g/mol. The third kappa shape index (κ3) is 1.78. The Morgan fingerprint density at radius 3 is 2.56 bits per heavy atom. The first-order chi connectivity index (χ1) is 4.11. The van der Waals surface area contributed by atoms with E-state index in [0.717, 1.165) is 11.0 Å². The van der Waals surface area contributed by atoms with E-state index in [1.165, 1.54) is 16.2 Å². The van der Waals surface area contributed by atoms with E-state index in [9.17, 15) is 8.42 Å². The van der Waals surface area contributed by atoms with Crippen molar-refractivity contribution < 1.29 is 13.0 Å². The molecule has 0 fully saturated rings. The summed E-state index contributed by atoms with van der Waals surface area (Å²) in [4.78, 5) is 0. The van der Waals surface area contributed by atoms with Gasteiger partial charge in [-0.25, -0.2) is 0 Å². The second-order valence-corrected chi connectivity index (χ2v) is 4.51. The Balaban J connectivity index is 2.87. The fourth-order valence-corrected chi connectivity index (χ4v) is 3.09. The van der Waals surface area contributed by atoms with E-state index in [1.54, 1.807) is 0 Å². The second kappa shape index (κ2) is 2.41. The molecule has 0 radical (unpaired) electrons. The molecule has 0 amide bonds. The Labute approximate surface area is 60.4 Å². The van der Waals surface area contributed by atoms with Gasteiger partial charge in [0.05, 0.1) is 0 Å². The molecule has 0 aromatic carbocycles. The molecule has 0 saturated heterocycles. The maximum absolute atomic E-state index is 10.2. The fourth-order valence-electron chi connectivity index (χ4n) is 0.270. The van der Waals surface area contributed by atoms with Crippen LogP contribution in [0.2, 0.25) is 0 Å². The van der Waals surface area contributed by atoms with Gasteiger partial charge in [-0.05, 0) is 10.8 Å². The molecule has 52 valence electrons. The molecule has 1 aliphatic heterocycles. The van der Waals surface area contributed by atoms with Crippen LogP contribution < -0.4 is 4.72 Å². The maximum atomic E-state index is 10.2. The molecule has 1 rings (SSSR count). The Morgan fingerprint density at radius 2 is 2.33 bits per heavy atom. The lowest BCUT2D eigenvalue weighted by molar-refractivity contribution is 0.490. The summed E-state index contributed by atoms with van der Waals surface area (Å²) in [6.07, 6.45) is 0. The van der Waals surface area contributed by atoms with Crippen LogP contribution in [0.3, 0.4) is 0 Å². The Hall–Kier alpha value is 0.150. The van der Waals surface area contributed by atoms with Gasteiger partial charge in [0.2, 0.25) is 0 Å². The van der Waals surface area contributed by atoms with E-state index < -0.39 is 10.1 Å². The highest BCUT2D eigenvalue weighted by Gasteiger charge is 2.17. The minimum absolute atomic E-state index is 0.141. The highest BCUT2D eigenvalue weighted by Crippen LogP contribution is 2.30. The van der Waals surface area contributed by atoms with E-state index >= 15 is 0 Å². The van der Waals surface area contributed by atoms with Crippen molar-refractivity contribution in [3.8, 4) is 0 Å². The molecule has 2 N–H and O–H groups in total. The summed E-state index contributed by atoms with van der Waals surface area (Å²) in [6, 6.07) is 0. The van der Waals surface area contributed by atoms with Crippen molar-refractivity contribution in [1.82, 2.24) is 4.72 Å². The third-order valence-electron chi connectivity index (χ3n) is 0.623. The Morgan fingerprint density at radius 1 is 1.67 bits per heavy atom. The lowest BCUT2D eigenvalue weighted by atomic mass is 11.1. The van der Waals surface area contributed by atoms with Crippen LogP contribution in [0.5, 0.6) is 0 Å². The molecular formula is C2H3NO3S3. The van der Waals surface area contributed by atoms with Gasteiger partial charge < -0.3 is 4.72 Å². The van der Waals surface area contributed by atoms with Crippen molar-refractivity contribution in [3.05, 3.63) is 10.4 Å². The molecule has 0 aromatic heterocycles. The molecular weight excluding hydrogens is 182 g/mol. The summed E-state index contributed by atoms with van der Waals surface area (Å²) in [6.45, 7) is 0. The zero-order valence-electron chi connectivity index (χ0n) is 4.07. The minimum atomic E-state index is -3.99. The van der Waals surface area contributed by atoms with Gasteiger partial charge in [0.25, 0.3) is 0 Å². The smallest absolute Gasteiger partial charge is 0.308 e. The molecule has 1 aliphatic rings. The molecule has 0 aromatic rings. The molecule has 0 saturated carbocycles.